The fourth-order valence-electron chi connectivity index (χ4n) is 1.67. The maximum absolute atomic E-state index is 11.2. The van der Waals surface area contributed by atoms with Gasteiger partial charge in [0.1, 0.15) is 0 Å². The lowest BCUT2D eigenvalue weighted by Crippen LogP contribution is -2.08. The first-order chi connectivity index (χ1) is 9.24. The molecule has 0 atom stereocenters. The molecule has 0 radical (unpaired) electrons. The van der Waals surface area contributed by atoms with Crippen molar-refractivity contribution in [1.82, 2.24) is 24.5 Å². The van der Waals surface area contributed by atoms with Crippen molar-refractivity contribution in [2.45, 2.75) is 0 Å². The van der Waals surface area contributed by atoms with Crippen LogP contribution in [0.2, 0.25) is 0 Å². The molecule has 0 aliphatic heterocycles. The molecule has 0 unspecified atom stereocenters. The van der Waals surface area contributed by atoms with Gasteiger partial charge < -0.3 is 5.11 Å². The Morgan fingerprint density at radius 3 is 1.89 bits per heavy atom. The summed E-state index contributed by atoms with van der Waals surface area (Å²) >= 11 is 0. The van der Waals surface area contributed by atoms with Gasteiger partial charge in [-0.15, -0.1) is 0 Å². The molecular formula is C12H9N5O2. The number of carboxylic acid groups (broad SMARTS) is 1. The summed E-state index contributed by atoms with van der Waals surface area (Å²) in [7, 11) is 0. The van der Waals surface area contributed by atoms with Crippen molar-refractivity contribution < 1.29 is 9.90 Å². The Labute approximate surface area is 107 Å². The van der Waals surface area contributed by atoms with E-state index in [0.717, 1.165) is 0 Å². The zero-order chi connectivity index (χ0) is 13.2. The molecule has 7 heteroatoms. The smallest absolute Gasteiger partial charge is 0.335 e. The van der Waals surface area contributed by atoms with Gasteiger partial charge in [-0.05, 0) is 24.3 Å². The number of carboxylic acids is 1. The Hall–Kier alpha value is -2.96. The standard InChI is InChI=1S/C12H9N5O2/c18-12(19)9-7-10(16-5-1-3-13-16)15-11(8-9)17-6-2-4-14-17/h1-8H,(H,18,19). The number of rotatable bonds is 3. The highest BCUT2D eigenvalue weighted by atomic mass is 16.4. The van der Waals surface area contributed by atoms with Crippen LogP contribution in [-0.4, -0.2) is 35.6 Å². The zero-order valence-corrected chi connectivity index (χ0v) is 9.71. The van der Waals surface area contributed by atoms with Crippen LogP contribution in [0.25, 0.3) is 11.6 Å². The topological polar surface area (TPSA) is 85.8 Å². The average Bonchev–Trinajstić information content (AvgIpc) is 3.11. The Bertz CT molecular complexity index is 651. The van der Waals surface area contributed by atoms with Crippen LogP contribution in [0.15, 0.2) is 49.1 Å². The van der Waals surface area contributed by atoms with Gasteiger partial charge in [0, 0.05) is 24.8 Å². The molecule has 19 heavy (non-hydrogen) atoms. The largest absolute Gasteiger partial charge is 0.478 e. The lowest BCUT2D eigenvalue weighted by atomic mass is 10.2. The van der Waals surface area contributed by atoms with Gasteiger partial charge in [0.2, 0.25) is 0 Å². The number of hydrogen-bond acceptors (Lipinski definition) is 4. The second-order valence-electron chi connectivity index (χ2n) is 3.78. The van der Waals surface area contributed by atoms with Gasteiger partial charge in [-0.2, -0.15) is 10.2 Å². The highest BCUT2D eigenvalue weighted by Gasteiger charge is 2.11. The molecule has 3 heterocycles. The van der Waals surface area contributed by atoms with E-state index in [0.29, 0.717) is 11.6 Å². The zero-order valence-electron chi connectivity index (χ0n) is 9.71. The molecule has 0 saturated heterocycles. The maximum Gasteiger partial charge on any atom is 0.335 e. The molecule has 0 aliphatic rings. The Morgan fingerprint density at radius 2 is 1.53 bits per heavy atom. The van der Waals surface area contributed by atoms with E-state index in [4.69, 9.17) is 5.11 Å². The molecule has 3 aromatic rings. The van der Waals surface area contributed by atoms with Gasteiger partial charge in [-0.3, -0.25) is 0 Å². The predicted octanol–water partition coefficient (Wildman–Crippen LogP) is 1.15. The van der Waals surface area contributed by atoms with Gasteiger partial charge in [-0.1, -0.05) is 0 Å². The van der Waals surface area contributed by atoms with Crippen LogP contribution in [0.1, 0.15) is 10.4 Å². The van der Waals surface area contributed by atoms with Gasteiger partial charge in [0.25, 0.3) is 0 Å². The van der Waals surface area contributed by atoms with Gasteiger partial charge >= 0.3 is 5.97 Å². The van der Waals surface area contributed by atoms with Crippen LogP contribution < -0.4 is 0 Å². The fourth-order valence-corrected chi connectivity index (χ4v) is 1.67. The van der Waals surface area contributed by atoms with Crippen LogP contribution in [0.3, 0.4) is 0 Å². The lowest BCUT2D eigenvalue weighted by molar-refractivity contribution is 0.0696. The molecule has 3 rings (SSSR count). The fraction of sp³-hybridized carbons (Fsp3) is 0. The maximum atomic E-state index is 11.2. The molecule has 0 spiro atoms. The van der Waals surface area contributed by atoms with E-state index >= 15 is 0 Å². The molecule has 7 nitrogen and oxygen atoms in total. The van der Waals surface area contributed by atoms with Crippen LogP contribution in [0.5, 0.6) is 0 Å². The average molecular weight is 255 g/mol. The first-order valence-corrected chi connectivity index (χ1v) is 5.49. The van der Waals surface area contributed by atoms with Crippen LogP contribution in [0.4, 0.5) is 0 Å². The van der Waals surface area contributed by atoms with E-state index in [-0.39, 0.29) is 5.56 Å². The number of aromatic nitrogens is 5. The van der Waals surface area contributed by atoms with Gasteiger partial charge in [0.05, 0.1) is 5.56 Å². The van der Waals surface area contributed by atoms with Gasteiger partial charge in [0.15, 0.2) is 11.6 Å². The van der Waals surface area contributed by atoms with Crippen molar-refractivity contribution >= 4 is 5.97 Å². The summed E-state index contributed by atoms with van der Waals surface area (Å²) in [6, 6.07) is 6.40. The summed E-state index contributed by atoms with van der Waals surface area (Å²) in [5.41, 5.74) is 0.131. The van der Waals surface area contributed by atoms with Crippen molar-refractivity contribution in [3.8, 4) is 11.6 Å². The molecule has 3 aromatic heterocycles. The van der Waals surface area contributed by atoms with E-state index in [2.05, 4.69) is 15.2 Å². The van der Waals surface area contributed by atoms with Crippen LogP contribution in [0, 0.1) is 0 Å². The highest BCUT2D eigenvalue weighted by molar-refractivity contribution is 5.88. The second-order valence-corrected chi connectivity index (χ2v) is 3.78. The molecule has 0 aromatic carbocycles. The molecule has 0 saturated carbocycles. The third kappa shape index (κ3) is 2.08. The number of hydrogen-bond donors (Lipinski definition) is 1. The quantitative estimate of drug-likeness (QED) is 0.758. The monoisotopic (exact) mass is 255 g/mol. The van der Waals surface area contributed by atoms with Crippen LogP contribution in [-0.2, 0) is 0 Å². The van der Waals surface area contributed by atoms with E-state index < -0.39 is 5.97 Å². The summed E-state index contributed by atoms with van der Waals surface area (Å²) in [4.78, 5) is 15.5. The first kappa shape index (κ1) is 11.1. The molecule has 94 valence electrons. The number of nitrogens with zero attached hydrogens (tertiary/aromatic N) is 5. The molecule has 0 amide bonds. The van der Waals surface area contributed by atoms with E-state index in [1.165, 1.54) is 21.5 Å². The molecular weight excluding hydrogens is 246 g/mol. The minimum absolute atomic E-state index is 0.131. The third-order valence-electron chi connectivity index (χ3n) is 2.52. The number of pyridine rings is 1. The lowest BCUT2D eigenvalue weighted by Gasteiger charge is -2.06. The highest BCUT2D eigenvalue weighted by Crippen LogP contribution is 2.12. The molecule has 0 fully saturated rings. The van der Waals surface area contributed by atoms with Crippen molar-refractivity contribution in [2.75, 3.05) is 0 Å². The minimum atomic E-state index is -1.02. The molecule has 1 N–H and O–H groups in total. The van der Waals surface area contributed by atoms with E-state index in [1.54, 1.807) is 36.9 Å². The normalized spacial score (nSPS) is 10.5. The van der Waals surface area contributed by atoms with Crippen molar-refractivity contribution in [1.29, 1.82) is 0 Å². The molecule has 0 aliphatic carbocycles. The Balaban J connectivity index is 2.18. The van der Waals surface area contributed by atoms with E-state index in [9.17, 15) is 4.79 Å². The summed E-state index contributed by atoms with van der Waals surface area (Å²) in [5.74, 6) is -0.171. The third-order valence-corrected chi connectivity index (χ3v) is 2.52. The first-order valence-electron chi connectivity index (χ1n) is 5.49. The number of aromatic carboxylic acids is 1. The minimum Gasteiger partial charge on any atom is -0.478 e. The Morgan fingerprint density at radius 1 is 1.00 bits per heavy atom. The predicted molar refractivity (Wildman–Crippen MR) is 65.4 cm³/mol. The summed E-state index contributed by atoms with van der Waals surface area (Å²) in [6.45, 7) is 0. The molecule has 0 bridgehead atoms. The summed E-state index contributed by atoms with van der Waals surface area (Å²) < 4.78 is 3.00. The SMILES string of the molecule is O=C(O)c1cc(-n2cccn2)nc(-n2cccn2)c1. The van der Waals surface area contributed by atoms with Crippen molar-refractivity contribution in [2.24, 2.45) is 0 Å². The van der Waals surface area contributed by atoms with Crippen molar-refractivity contribution in [3.05, 3.63) is 54.6 Å². The van der Waals surface area contributed by atoms with E-state index in [1.807, 2.05) is 0 Å². The van der Waals surface area contributed by atoms with Gasteiger partial charge in [-0.25, -0.2) is 19.1 Å². The number of carbonyl (C=O) groups is 1. The summed E-state index contributed by atoms with van der Waals surface area (Å²) in [6.07, 6.45) is 6.59. The summed E-state index contributed by atoms with van der Waals surface area (Å²) in [5, 5.41) is 17.2. The van der Waals surface area contributed by atoms with Crippen LogP contribution >= 0.6 is 0 Å². The second kappa shape index (κ2) is 4.37. The van der Waals surface area contributed by atoms with Crippen molar-refractivity contribution in [3.63, 3.8) is 0 Å². The Kier molecular flexibility index (Phi) is 2.57.